The molecule has 1 saturated heterocycles. The van der Waals surface area contributed by atoms with Crippen LogP contribution >= 0.6 is 11.8 Å². The standard InChI is InChI=1S/C21H29N4O2S/c1-5-6-7-8-13-25-17-18(23(3)21(27)24(4)19(17)26)22-20(25)28-14-16-11-9-15(2)10-12-16/h9-12,17H,5-8,13-14H2,1-4H3/q+1. The molecule has 0 saturated carbocycles. The van der Waals surface area contributed by atoms with Crippen molar-refractivity contribution in [3.8, 4) is 0 Å². The average molecular weight is 402 g/mol. The van der Waals surface area contributed by atoms with Crippen LogP contribution in [-0.2, 0) is 10.5 Å². The molecule has 0 radical (unpaired) electrons. The number of amidine groups is 2. The molecule has 0 bridgehead atoms. The number of amides is 3. The van der Waals surface area contributed by atoms with E-state index in [4.69, 9.17) is 4.99 Å². The molecular formula is C21H29N4O2S+. The number of benzene rings is 1. The Kier molecular flexibility index (Phi) is 6.54. The minimum Gasteiger partial charge on any atom is -0.269 e. The molecule has 0 aromatic heterocycles. The number of likely N-dealkylation sites (N-methyl/N-ethyl adjacent to an activating group) is 2. The Morgan fingerprint density at radius 2 is 1.79 bits per heavy atom. The highest BCUT2D eigenvalue weighted by atomic mass is 32.2. The van der Waals surface area contributed by atoms with Gasteiger partial charge in [0.25, 0.3) is 17.8 Å². The van der Waals surface area contributed by atoms with Gasteiger partial charge in [-0.3, -0.25) is 14.6 Å². The van der Waals surface area contributed by atoms with Gasteiger partial charge in [-0.2, -0.15) is 0 Å². The number of rotatable bonds is 7. The molecule has 2 heterocycles. The van der Waals surface area contributed by atoms with Gasteiger partial charge in [0, 0.05) is 19.8 Å². The summed E-state index contributed by atoms with van der Waals surface area (Å²) in [5, 5.41) is 0.834. The Morgan fingerprint density at radius 1 is 1.07 bits per heavy atom. The van der Waals surface area contributed by atoms with Crippen LogP contribution in [0.4, 0.5) is 4.79 Å². The van der Waals surface area contributed by atoms with Gasteiger partial charge in [0.15, 0.2) is 0 Å². The summed E-state index contributed by atoms with van der Waals surface area (Å²) in [7, 11) is 3.24. The second-order valence-corrected chi connectivity index (χ2v) is 8.36. The number of aliphatic imine (C=N–C) groups is 1. The van der Waals surface area contributed by atoms with E-state index >= 15 is 0 Å². The number of urea groups is 1. The maximum absolute atomic E-state index is 12.9. The zero-order valence-corrected chi connectivity index (χ0v) is 18.0. The van der Waals surface area contributed by atoms with Crippen molar-refractivity contribution in [3.63, 3.8) is 0 Å². The first-order valence-corrected chi connectivity index (χ1v) is 10.9. The lowest BCUT2D eigenvalue weighted by Crippen LogP contribution is -2.61. The molecule has 1 atom stereocenters. The third kappa shape index (κ3) is 4.14. The predicted molar refractivity (Wildman–Crippen MR) is 114 cm³/mol. The number of hydrogen-bond donors (Lipinski definition) is 0. The maximum atomic E-state index is 12.9. The first kappa shape index (κ1) is 20.6. The highest BCUT2D eigenvalue weighted by molar-refractivity contribution is 8.13. The second kappa shape index (κ2) is 8.90. The average Bonchev–Trinajstić information content (AvgIpc) is 3.06. The van der Waals surface area contributed by atoms with Crippen LogP contribution in [0, 0.1) is 6.92 Å². The summed E-state index contributed by atoms with van der Waals surface area (Å²) in [6, 6.07) is 7.64. The van der Waals surface area contributed by atoms with Crippen molar-refractivity contribution >= 4 is 34.7 Å². The van der Waals surface area contributed by atoms with Gasteiger partial charge < -0.3 is 0 Å². The summed E-state index contributed by atoms with van der Waals surface area (Å²) < 4.78 is 2.09. The van der Waals surface area contributed by atoms with E-state index in [1.807, 2.05) is 0 Å². The first-order valence-electron chi connectivity index (χ1n) is 9.89. The van der Waals surface area contributed by atoms with Crippen LogP contribution in [0.5, 0.6) is 0 Å². The number of unbranched alkanes of at least 4 members (excludes halogenated alkanes) is 3. The topological polar surface area (TPSA) is 56.0 Å². The third-order valence-corrected chi connectivity index (χ3v) is 6.30. The molecule has 2 aliphatic heterocycles. The van der Waals surface area contributed by atoms with Gasteiger partial charge in [-0.05, 0) is 42.1 Å². The fourth-order valence-electron chi connectivity index (χ4n) is 3.46. The molecule has 2 aliphatic rings. The van der Waals surface area contributed by atoms with E-state index in [1.54, 1.807) is 25.9 Å². The van der Waals surface area contributed by atoms with E-state index in [0.717, 1.165) is 30.3 Å². The van der Waals surface area contributed by atoms with Crippen LogP contribution in [0.3, 0.4) is 0 Å². The largest absolute Gasteiger partial charge is 0.358 e. The summed E-state index contributed by atoms with van der Waals surface area (Å²) >= 11 is 1.63. The number of fused-ring (bicyclic) bond motifs is 1. The van der Waals surface area contributed by atoms with Crippen molar-refractivity contribution < 1.29 is 14.2 Å². The second-order valence-electron chi connectivity index (χ2n) is 7.42. The van der Waals surface area contributed by atoms with Gasteiger partial charge in [0.2, 0.25) is 0 Å². The molecule has 0 aliphatic carbocycles. The first-order chi connectivity index (χ1) is 13.4. The molecule has 150 valence electrons. The number of imide groups is 1. The Labute approximate surface area is 171 Å². The zero-order valence-electron chi connectivity index (χ0n) is 17.1. The summed E-state index contributed by atoms with van der Waals surface area (Å²) in [6.45, 7) is 5.04. The van der Waals surface area contributed by atoms with Crippen molar-refractivity contribution in [3.05, 3.63) is 35.4 Å². The van der Waals surface area contributed by atoms with E-state index < -0.39 is 6.04 Å². The van der Waals surface area contributed by atoms with Crippen molar-refractivity contribution in [1.82, 2.24) is 9.80 Å². The van der Waals surface area contributed by atoms with E-state index in [1.165, 1.54) is 33.8 Å². The van der Waals surface area contributed by atoms with Crippen LogP contribution in [0.1, 0.15) is 43.7 Å². The molecule has 1 fully saturated rings. The number of carbonyl (C=O) groups is 2. The number of nitrogens with zero attached hydrogens (tertiary/aromatic N) is 4. The summed E-state index contributed by atoms with van der Waals surface area (Å²) in [5.41, 5.74) is 2.46. The van der Waals surface area contributed by atoms with Crippen molar-refractivity contribution in [2.24, 2.45) is 4.99 Å². The monoisotopic (exact) mass is 401 g/mol. The van der Waals surface area contributed by atoms with E-state index in [-0.39, 0.29) is 11.9 Å². The normalized spacial score (nSPS) is 19.4. The van der Waals surface area contributed by atoms with Gasteiger partial charge in [-0.15, -0.1) is 0 Å². The van der Waals surface area contributed by atoms with Gasteiger partial charge in [-0.25, -0.2) is 9.37 Å². The molecule has 3 amide bonds. The third-order valence-electron chi connectivity index (χ3n) is 5.24. The molecule has 0 N–H and O–H groups in total. The maximum Gasteiger partial charge on any atom is 0.358 e. The summed E-state index contributed by atoms with van der Waals surface area (Å²) in [4.78, 5) is 32.6. The van der Waals surface area contributed by atoms with Crippen LogP contribution < -0.4 is 0 Å². The number of aryl methyl sites for hydroxylation is 1. The molecule has 1 unspecified atom stereocenters. The van der Waals surface area contributed by atoms with Crippen LogP contribution in [0.15, 0.2) is 29.3 Å². The lowest BCUT2D eigenvalue weighted by Gasteiger charge is -2.30. The molecule has 1 aromatic rings. The van der Waals surface area contributed by atoms with Crippen molar-refractivity contribution in [2.75, 3.05) is 20.6 Å². The van der Waals surface area contributed by atoms with Gasteiger partial charge in [0.1, 0.15) is 0 Å². The fraction of sp³-hybridized carbons (Fsp3) is 0.524. The van der Waals surface area contributed by atoms with E-state index in [0.29, 0.717) is 5.84 Å². The SMILES string of the molecule is CCCCCC[N+]1=C(SCc2ccc(C)cc2)N=C2C1C(=O)N(C)C(=O)N2C. The molecular weight excluding hydrogens is 372 g/mol. The molecule has 1 aromatic carbocycles. The highest BCUT2D eigenvalue weighted by Gasteiger charge is 2.52. The Bertz CT molecular complexity index is 816. The fourth-order valence-corrected chi connectivity index (χ4v) is 4.47. The highest BCUT2D eigenvalue weighted by Crippen LogP contribution is 2.25. The lowest BCUT2D eigenvalue weighted by molar-refractivity contribution is -0.533. The molecule has 7 heteroatoms. The summed E-state index contributed by atoms with van der Waals surface area (Å²) in [5.74, 6) is 1.14. The van der Waals surface area contributed by atoms with Crippen LogP contribution in [0.2, 0.25) is 0 Å². The molecule has 28 heavy (non-hydrogen) atoms. The van der Waals surface area contributed by atoms with Gasteiger partial charge in [0.05, 0.1) is 6.54 Å². The van der Waals surface area contributed by atoms with Crippen LogP contribution in [-0.4, -0.2) is 64.0 Å². The molecule has 3 rings (SSSR count). The number of hydrogen-bond acceptors (Lipinski definition) is 4. The lowest BCUT2D eigenvalue weighted by atomic mass is 10.1. The zero-order chi connectivity index (χ0) is 20.3. The minimum atomic E-state index is -0.491. The Morgan fingerprint density at radius 3 is 2.46 bits per heavy atom. The van der Waals surface area contributed by atoms with Gasteiger partial charge >= 0.3 is 11.2 Å². The number of thioether (sulfide) groups is 1. The quantitative estimate of drug-likeness (QED) is 0.519. The van der Waals surface area contributed by atoms with Crippen molar-refractivity contribution in [2.45, 2.75) is 51.3 Å². The van der Waals surface area contributed by atoms with E-state index in [9.17, 15) is 9.59 Å². The predicted octanol–water partition coefficient (Wildman–Crippen LogP) is 3.48. The Balaban J connectivity index is 1.83. The van der Waals surface area contributed by atoms with Gasteiger partial charge in [-0.1, -0.05) is 49.6 Å². The smallest absolute Gasteiger partial charge is 0.269 e. The van der Waals surface area contributed by atoms with Crippen LogP contribution in [0.25, 0.3) is 0 Å². The summed E-state index contributed by atoms with van der Waals surface area (Å²) in [6.07, 6.45) is 4.49. The van der Waals surface area contributed by atoms with Crippen molar-refractivity contribution in [1.29, 1.82) is 0 Å². The molecule has 6 nitrogen and oxygen atoms in total. The number of carbonyl (C=O) groups excluding carboxylic acids is 2. The molecule has 0 spiro atoms. The Hall–Kier alpha value is -2.15. The minimum absolute atomic E-state index is 0.191. The van der Waals surface area contributed by atoms with E-state index in [2.05, 4.69) is 42.7 Å².